The Morgan fingerprint density at radius 3 is 1.17 bits per heavy atom. The molecule has 0 saturated carbocycles. The van der Waals surface area contributed by atoms with Gasteiger partial charge >= 0.3 is 0 Å². The van der Waals surface area contributed by atoms with Crippen LogP contribution in [-0.2, 0) is 0 Å². The van der Waals surface area contributed by atoms with Crippen LogP contribution in [0, 0.1) is 0 Å². The third kappa shape index (κ3) is 4.63. The molecule has 248 valence electrons. The van der Waals surface area contributed by atoms with E-state index >= 15 is 0 Å². The van der Waals surface area contributed by atoms with Crippen LogP contribution in [0.3, 0.4) is 0 Å². The van der Waals surface area contributed by atoms with Crippen molar-refractivity contribution >= 4 is 75.1 Å². The third-order valence-corrected chi connectivity index (χ3v) is 11.8. The molecular formula is C49H30N2OS. The van der Waals surface area contributed by atoms with Gasteiger partial charge in [-0.15, -0.1) is 11.3 Å². The molecule has 0 saturated heterocycles. The predicted octanol–water partition coefficient (Wildman–Crippen LogP) is 12.9. The van der Waals surface area contributed by atoms with Crippen LogP contribution >= 0.6 is 11.3 Å². The first kappa shape index (κ1) is 29.9. The van der Waals surface area contributed by atoms with E-state index in [9.17, 15) is 4.79 Å². The van der Waals surface area contributed by atoms with Gasteiger partial charge in [0.1, 0.15) is 0 Å². The highest BCUT2D eigenvalue weighted by atomic mass is 32.1. The Labute approximate surface area is 308 Å². The molecule has 11 aromatic rings. The van der Waals surface area contributed by atoms with Crippen LogP contribution in [0.2, 0.25) is 0 Å². The summed E-state index contributed by atoms with van der Waals surface area (Å²) in [6, 6.07) is 64.3. The number of para-hydroxylation sites is 4. The normalized spacial score (nSPS) is 11.8. The maximum Gasteiger partial charge on any atom is 0.195 e. The number of rotatable bonds is 4. The minimum Gasteiger partial charge on any atom is -0.309 e. The summed E-state index contributed by atoms with van der Waals surface area (Å²) >= 11 is 1.69. The highest BCUT2D eigenvalue weighted by Gasteiger charge is 2.16. The average Bonchev–Trinajstić information content (AvgIpc) is 3.73. The van der Waals surface area contributed by atoms with E-state index < -0.39 is 0 Å². The van der Waals surface area contributed by atoms with Gasteiger partial charge in [0.25, 0.3) is 0 Å². The summed E-state index contributed by atoms with van der Waals surface area (Å²) in [4.78, 5) is 13.9. The number of nitrogens with zero attached hydrogens (tertiary/aromatic N) is 2. The molecule has 3 nitrogen and oxygen atoms in total. The molecule has 0 bridgehead atoms. The molecule has 11 rings (SSSR count). The Kier molecular flexibility index (Phi) is 6.57. The van der Waals surface area contributed by atoms with Gasteiger partial charge in [-0.25, -0.2) is 0 Å². The Morgan fingerprint density at radius 2 is 0.698 bits per heavy atom. The van der Waals surface area contributed by atoms with Gasteiger partial charge in [0, 0.05) is 53.1 Å². The summed E-state index contributed by atoms with van der Waals surface area (Å²) < 4.78 is 6.66. The van der Waals surface area contributed by atoms with Crippen molar-refractivity contribution < 1.29 is 0 Å². The molecule has 0 aliphatic heterocycles. The lowest BCUT2D eigenvalue weighted by atomic mass is 10.0. The molecule has 0 unspecified atom stereocenters. The Morgan fingerprint density at radius 1 is 0.321 bits per heavy atom. The van der Waals surface area contributed by atoms with Crippen LogP contribution in [0.1, 0.15) is 0 Å². The molecule has 3 heterocycles. The van der Waals surface area contributed by atoms with Crippen molar-refractivity contribution in [2.45, 2.75) is 0 Å². The lowest BCUT2D eigenvalue weighted by Crippen LogP contribution is -2.01. The van der Waals surface area contributed by atoms with Crippen LogP contribution in [0.4, 0.5) is 0 Å². The highest BCUT2D eigenvalue weighted by molar-refractivity contribution is 7.24. The van der Waals surface area contributed by atoms with E-state index in [-0.39, 0.29) is 5.43 Å². The van der Waals surface area contributed by atoms with Crippen molar-refractivity contribution in [3.8, 4) is 33.6 Å². The van der Waals surface area contributed by atoms with Crippen molar-refractivity contribution in [1.29, 1.82) is 0 Å². The van der Waals surface area contributed by atoms with Crippen LogP contribution in [0.5, 0.6) is 0 Å². The van der Waals surface area contributed by atoms with E-state index in [4.69, 9.17) is 0 Å². The molecule has 4 heteroatoms. The molecular weight excluding hydrogens is 665 g/mol. The fourth-order valence-corrected chi connectivity index (χ4v) is 9.38. The van der Waals surface area contributed by atoms with Gasteiger partial charge in [-0.1, -0.05) is 97.1 Å². The molecule has 0 fully saturated rings. The van der Waals surface area contributed by atoms with Crippen molar-refractivity contribution in [3.05, 3.63) is 192 Å². The second-order valence-electron chi connectivity index (χ2n) is 13.7. The zero-order valence-corrected chi connectivity index (χ0v) is 29.3. The van der Waals surface area contributed by atoms with Crippen molar-refractivity contribution in [1.82, 2.24) is 9.13 Å². The average molecular weight is 695 g/mol. The fourth-order valence-electron chi connectivity index (χ4n) is 8.23. The minimum absolute atomic E-state index is 0.0783. The summed E-state index contributed by atoms with van der Waals surface area (Å²) in [6.45, 7) is 0. The zero-order valence-electron chi connectivity index (χ0n) is 28.5. The quantitative estimate of drug-likeness (QED) is 0.169. The van der Waals surface area contributed by atoms with Gasteiger partial charge in [-0.3, -0.25) is 4.79 Å². The summed E-state index contributed by atoms with van der Waals surface area (Å²) in [5.41, 5.74) is 11.6. The summed E-state index contributed by atoms with van der Waals surface area (Å²) in [6.07, 6.45) is 0. The maximum absolute atomic E-state index is 13.9. The largest absolute Gasteiger partial charge is 0.309 e. The van der Waals surface area contributed by atoms with Gasteiger partial charge in [0.05, 0.1) is 22.1 Å². The van der Waals surface area contributed by atoms with E-state index in [1.165, 1.54) is 43.6 Å². The Balaban J connectivity index is 1.03. The molecule has 0 spiro atoms. The molecule has 0 atom stereocenters. The maximum atomic E-state index is 13.9. The second kappa shape index (κ2) is 11.6. The minimum atomic E-state index is 0.0783. The molecule has 3 aromatic heterocycles. The van der Waals surface area contributed by atoms with Gasteiger partial charge in [0.2, 0.25) is 0 Å². The number of benzene rings is 8. The zero-order chi connectivity index (χ0) is 35.0. The molecule has 0 amide bonds. The number of hydrogen-bond acceptors (Lipinski definition) is 2. The highest BCUT2D eigenvalue weighted by Crippen LogP contribution is 2.38. The molecule has 0 aliphatic rings. The number of aromatic nitrogens is 2. The second-order valence-corrected chi connectivity index (χ2v) is 14.8. The molecule has 0 radical (unpaired) electrons. The molecule has 8 aromatic carbocycles. The van der Waals surface area contributed by atoms with Crippen LogP contribution in [-0.4, -0.2) is 9.13 Å². The van der Waals surface area contributed by atoms with Crippen LogP contribution in [0.15, 0.2) is 187 Å². The topological polar surface area (TPSA) is 26.9 Å². The Bertz CT molecular complexity index is 3080. The van der Waals surface area contributed by atoms with E-state index in [1.807, 2.05) is 12.1 Å². The predicted molar refractivity (Wildman–Crippen MR) is 225 cm³/mol. The van der Waals surface area contributed by atoms with Crippen LogP contribution < -0.4 is 5.43 Å². The third-order valence-electron chi connectivity index (χ3n) is 10.7. The fraction of sp³-hybridized carbons (Fsp3) is 0. The standard InChI is InChI=1S/C49H30N2OS/c52-49-39-23-19-33(31-21-25-45-41(27-31)37-15-7-9-17-43(37)50(45)35-11-3-1-4-12-35)29-47(39)53-48-30-34(20-24-40(48)49)32-22-26-46-42(28-32)38-16-8-10-18-44(38)51(46)36-13-5-2-6-14-36/h1-30H. The van der Waals surface area contributed by atoms with Gasteiger partial charge in [-0.2, -0.15) is 0 Å². The molecule has 0 N–H and O–H groups in total. The van der Waals surface area contributed by atoms with E-state index in [2.05, 4.69) is 179 Å². The molecule has 0 aliphatic carbocycles. The molecule has 53 heavy (non-hydrogen) atoms. The lowest BCUT2D eigenvalue weighted by Gasteiger charge is -2.09. The smallest absolute Gasteiger partial charge is 0.195 e. The van der Waals surface area contributed by atoms with E-state index in [0.29, 0.717) is 0 Å². The first-order valence-electron chi connectivity index (χ1n) is 17.9. The summed E-state index contributed by atoms with van der Waals surface area (Å²) in [5.74, 6) is 0. The van der Waals surface area contributed by atoms with Crippen molar-refractivity contribution in [2.24, 2.45) is 0 Å². The Hall–Kier alpha value is -6.75. The van der Waals surface area contributed by atoms with E-state index in [0.717, 1.165) is 53.8 Å². The van der Waals surface area contributed by atoms with Gasteiger partial charge in [-0.05, 0) is 107 Å². The SMILES string of the molecule is O=c1c2ccc(-c3ccc4c(c3)c3ccccc3n4-c3ccccc3)cc2sc2cc(-c3ccc4c(c3)c3ccccc3n4-c3ccccc3)ccc12. The summed E-state index contributed by atoms with van der Waals surface area (Å²) in [7, 11) is 0. The number of hydrogen-bond donors (Lipinski definition) is 0. The van der Waals surface area contributed by atoms with Gasteiger partial charge in [0.15, 0.2) is 5.43 Å². The van der Waals surface area contributed by atoms with Crippen molar-refractivity contribution in [2.75, 3.05) is 0 Å². The van der Waals surface area contributed by atoms with E-state index in [1.54, 1.807) is 11.3 Å². The van der Waals surface area contributed by atoms with Gasteiger partial charge < -0.3 is 9.13 Å². The first-order chi connectivity index (χ1) is 26.2. The monoisotopic (exact) mass is 694 g/mol. The summed E-state index contributed by atoms with van der Waals surface area (Å²) in [5, 5.41) is 6.39. The first-order valence-corrected chi connectivity index (χ1v) is 18.7. The lowest BCUT2D eigenvalue weighted by molar-refractivity contribution is 1.18. The van der Waals surface area contributed by atoms with Crippen LogP contribution in [0.25, 0.3) is 97.4 Å². The van der Waals surface area contributed by atoms with Crippen molar-refractivity contribution in [3.63, 3.8) is 0 Å². The number of fused-ring (bicyclic) bond motifs is 8.